The highest BCUT2D eigenvalue weighted by Crippen LogP contribution is 2.29. The van der Waals surface area contributed by atoms with E-state index in [4.69, 9.17) is 9.57 Å². The lowest BCUT2D eigenvalue weighted by molar-refractivity contribution is -0.159. The largest absolute Gasteiger partial charge is 0.444 e. The number of aliphatic hydroxyl groups excluding tert-OH is 1. The lowest BCUT2D eigenvalue weighted by Crippen LogP contribution is -2.45. The third kappa shape index (κ3) is 3.41. The van der Waals surface area contributed by atoms with E-state index in [2.05, 4.69) is 5.10 Å². The molecule has 0 saturated carbocycles. The van der Waals surface area contributed by atoms with Crippen LogP contribution in [0.3, 0.4) is 0 Å². The van der Waals surface area contributed by atoms with Crippen LogP contribution < -0.4 is 0 Å². The molecule has 0 unspecified atom stereocenters. The molecule has 26 heavy (non-hydrogen) atoms. The van der Waals surface area contributed by atoms with Crippen molar-refractivity contribution in [3.63, 3.8) is 0 Å². The van der Waals surface area contributed by atoms with Crippen molar-refractivity contribution in [3.8, 4) is 0 Å². The number of hydrogen-bond acceptors (Lipinski definition) is 6. The Morgan fingerprint density at radius 3 is 2.73 bits per heavy atom. The topological polar surface area (TPSA) is 97.1 Å². The number of rotatable bonds is 1. The molecule has 0 aromatic carbocycles. The quantitative estimate of drug-likeness (QED) is 0.795. The Morgan fingerprint density at radius 1 is 1.42 bits per heavy atom. The van der Waals surface area contributed by atoms with Crippen LogP contribution in [0.2, 0.25) is 0 Å². The van der Waals surface area contributed by atoms with E-state index in [0.717, 1.165) is 10.8 Å². The number of fused-ring (bicyclic) bond motifs is 3. The van der Waals surface area contributed by atoms with E-state index >= 15 is 0 Å². The zero-order chi connectivity index (χ0) is 19.2. The number of aromatic nitrogens is 2. The molecule has 0 fully saturated rings. The van der Waals surface area contributed by atoms with Gasteiger partial charge in [0.25, 0.3) is 5.91 Å². The number of carbonyl (C=O) groups is 2. The van der Waals surface area contributed by atoms with Gasteiger partial charge in [0.1, 0.15) is 17.4 Å². The molecule has 0 aliphatic carbocycles. The van der Waals surface area contributed by atoms with E-state index in [9.17, 15) is 14.7 Å². The fourth-order valence-electron chi connectivity index (χ4n) is 3.27. The highest BCUT2D eigenvalue weighted by molar-refractivity contribution is 5.94. The van der Waals surface area contributed by atoms with Crippen LogP contribution in [0.15, 0.2) is 0 Å². The average molecular weight is 366 g/mol. The first-order valence-electron chi connectivity index (χ1n) is 8.74. The maximum atomic E-state index is 12.7. The predicted octanol–water partition coefficient (Wildman–Crippen LogP) is 0.943. The number of hydrogen-bond donors (Lipinski definition) is 1. The molecule has 3 rings (SSSR count). The minimum atomic E-state index is -0.592. The molecule has 1 N–H and O–H groups in total. The van der Waals surface area contributed by atoms with E-state index in [1.165, 1.54) is 7.05 Å². The second kappa shape index (κ2) is 6.55. The average Bonchev–Trinajstić information content (AvgIpc) is 2.81. The summed E-state index contributed by atoms with van der Waals surface area (Å²) in [4.78, 5) is 32.4. The Bertz CT molecular complexity index is 723. The van der Waals surface area contributed by atoms with Crippen molar-refractivity contribution >= 4 is 12.0 Å². The molecular weight excluding hydrogens is 340 g/mol. The number of amides is 2. The summed E-state index contributed by atoms with van der Waals surface area (Å²) in [6.45, 7) is 7.71. The first kappa shape index (κ1) is 18.7. The molecule has 9 heteroatoms. The highest BCUT2D eigenvalue weighted by atomic mass is 16.7. The van der Waals surface area contributed by atoms with Crippen LogP contribution in [-0.4, -0.2) is 68.3 Å². The van der Waals surface area contributed by atoms with Gasteiger partial charge in [0.15, 0.2) is 0 Å². The minimum absolute atomic E-state index is 0.0887. The summed E-state index contributed by atoms with van der Waals surface area (Å²) in [5, 5.41) is 15.1. The molecule has 0 saturated heterocycles. The summed E-state index contributed by atoms with van der Waals surface area (Å²) < 4.78 is 7.08. The van der Waals surface area contributed by atoms with Crippen molar-refractivity contribution in [2.75, 3.05) is 13.7 Å². The van der Waals surface area contributed by atoms with Gasteiger partial charge in [0.05, 0.1) is 25.4 Å². The first-order valence-corrected chi connectivity index (χ1v) is 8.74. The van der Waals surface area contributed by atoms with Gasteiger partial charge in [-0.25, -0.2) is 9.86 Å². The van der Waals surface area contributed by atoms with Gasteiger partial charge in [0, 0.05) is 25.1 Å². The lowest BCUT2D eigenvalue weighted by atomic mass is 9.99. The van der Waals surface area contributed by atoms with E-state index in [0.29, 0.717) is 17.7 Å². The van der Waals surface area contributed by atoms with Crippen LogP contribution in [0.5, 0.6) is 0 Å². The molecule has 1 aromatic heterocycles. The third-order valence-corrected chi connectivity index (χ3v) is 4.49. The molecule has 144 valence electrons. The van der Waals surface area contributed by atoms with Crippen LogP contribution in [-0.2, 0) is 29.1 Å². The smallest absolute Gasteiger partial charge is 0.410 e. The highest BCUT2D eigenvalue weighted by Gasteiger charge is 2.38. The molecule has 2 amide bonds. The van der Waals surface area contributed by atoms with Crippen molar-refractivity contribution in [2.45, 2.75) is 65.0 Å². The second-order valence-electron chi connectivity index (χ2n) is 7.83. The van der Waals surface area contributed by atoms with Crippen LogP contribution in [0, 0.1) is 0 Å². The van der Waals surface area contributed by atoms with E-state index in [1.54, 1.807) is 9.58 Å². The fraction of sp³-hybridized carbons (Fsp3) is 0.706. The summed E-state index contributed by atoms with van der Waals surface area (Å²) >= 11 is 0. The van der Waals surface area contributed by atoms with Gasteiger partial charge in [0.2, 0.25) is 0 Å². The SMILES string of the molecule is C[C@@H]1Cc2nn3c(c2CN1C(=O)OC(C)(C)C)C(=O)N(C)O[C@@H](CO)C3. The Hall–Kier alpha value is -2.13. The molecule has 0 spiro atoms. The summed E-state index contributed by atoms with van der Waals surface area (Å²) in [7, 11) is 1.51. The molecule has 1 aromatic rings. The van der Waals surface area contributed by atoms with E-state index in [1.807, 2.05) is 27.7 Å². The Labute approximate surface area is 152 Å². The summed E-state index contributed by atoms with van der Waals surface area (Å²) in [5.74, 6) is -0.339. The maximum Gasteiger partial charge on any atom is 0.410 e. The van der Waals surface area contributed by atoms with Crippen LogP contribution in [0.1, 0.15) is 49.4 Å². The van der Waals surface area contributed by atoms with Crippen molar-refractivity contribution in [3.05, 3.63) is 17.0 Å². The van der Waals surface area contributed by atoms with Gasteiger partial charge in [-0.15, -0.1) is 0 Å². The molecule has 2 aliphatic heterocycles. The normalized spacial score (nSPS) is 23.4. The monoisotopic (exact) mass is 366 g/mol. The molecule has 0 bridgehead atoms. The number of aliphatic hydroxyl groups is 1. The van der Waals surface area contributed by atoms with Gasteiger partial charge < -0.3 is 14.7 Å². The number of hydroxylamine groups is 2. The number of nitrogens with zero attached hydrogens (tertiary/aromatic N) is 4. The van der Waals surface area contributed by atoms with Crippen LogP contribution in [0.4, 0.5) is 4.79 Å². The molecular formula is C17H26N4O5. The van der Waals surface area contributed by atoms with E-state index < -0.39 is 17.8 Å². The Morgan fingerprint density at radius 2 is 2.12 bits per heavy atom. The van der Waals surface area contributed by atoms with E-state index in [-0.39, 0.29) is 31.6 Å². The molecule has 2 atom stereocenters. The molecule has 3 heterocycles. The third-order valence-electron chi connectivity index (χ3n) is 4.49. The van der Waals surface area contributed by atoms with Crippen molar-refractivity contribution in [2.24, 2.45) is 0 Å². The summed E-state index contributed by atoms with van der Waals surface area (Å²) in [6, 6.07) is -0.0887. The van der Waals surface area contributed by atoms with Gasteiger partial charge in [-0.1, -0.05) is 0 Å². The van der Waals surface area contributed by atoms with Crippen LogP contribution in [0.25, 0.3) is 0 Å². The van der Waals surface area contributed by atoms with Gasteiger partial charge in [-0.05, 0) is 27.7 Å². The van der Waals surface area contributed by atoms with Crippen molar-refractivity contribution < 1.29 is 24.3 Å². The molecule has 0 radical (unpaired) electrons. The molecule has 9 nitrogen and oxygen atoms in total. The van der Waals surface area contributed by atoms with Crippen molar-refractivity contribution in [1.29, 1.82) is 0 Å². The van der Waals surface area contributed by atoms with Gasteiger partial charge in [-0.2, -0.15) is 5.10 Å². The Kier molecular flexibility index (Phi) is 4.70. The second-order valence-corrected chi connectivity index (χ2v) is 7.83. The summed E-state index contributed by atoms with van der Waals surface area (Å²) in [6.07, 6.45) is -0.420. The maximum absolute atomic E-state index is 12.7. The fourth-order valence-corrected chi connectivity index (χ4v) is 3.27. The number of carbonyl (C=O) groups excluding carboxylic acids is 2. The zero-order valence-electron chi connectivity index (χ0n) is 15.9. The summed E-state index contributed by atoms with van der Waals surface area (Å²) in [5.41, 5.74) is 1.32. The Balaban J connectivity index is 1.94. The van der Waals surface area contributed by atoms with Gasteiger partial charge in [-0.3, -0.25) is 14.3 Å². The predicted molar refractivity (Wildman–Crippen MR) is 91.2 cm³/mol. The minimum Gasteiger partial charge on any atom is -0.444 e. The number of ether oxygens (including phenoxy) is 1. The van der Waals surface area contributed by atoms with Crippen molar-refractivity contribution in [1.82, 2.24) is 19.7 Å². The lowest BCUT2D eigenvalue weighted by Gasteiger charge is -2.34. The standard InChI is InChI=1S/C17H26N4O5/c1-10-6-13-12(8-20(10)16(24)25-17(2,3)4)14-15(23)19(5)26-11(9-22)7-21(14)18-13/h10-11,22H,6-9H2,1-5H3/t10-,11-/m1/s1. The molecule has 2 aliphatic rings. The van der Waals surface area contributed by atoms with Crippen LogP contribution >= 0.6 is 0 Å². The zero-order valence-corrected chi connectivity index (χ0v) is 15.9. The first-order chi connectivity index (χ1) is 12.1. The van der Waals surface area contributed by atoms with Gasteiger partial charge >= 0.3 is 6.09 Å².